The number of aromatic amines is 1. The first kappa shape index (κ1) is 19.6. The van der Waals surface area contributed by atoms with Crippen LogP contribution in [0.3, 0.4) is 0 Å². The summed E-state index contributed by atoms with van der Waals surface area (Å²) in [6.45, 7) is 4.75. The zero-order chi connectivity index (χ0) is 21.5. The number of benzene rings is 2. The highest BCUT2D eigenvalue weighted by molar-refractivity contribution is 6.34. The van der Waals surface area contributed by atoms with Crippen molar-refractivity contribution in [1.82, 2.24) is 15.2 Å². The molecule has 0 spiro atoms. The number of nitrogens with zero attached hydrogens (tertiary/aromatic N) is 3. The van der Waals surface area contributed by atoms with Crippen molar-refractivity contribution in [1.29, 1.82) is 0 Å². The average molecular weight is 439 g/mol. The maximum absolute atomic E-state index is 12.9. The van der Waals surface area contributed by atoms with Gasteiger partial charge in [0.2, 0.25) is 11.8 Å². The normalized spacial score (nSPS) is 14.3. The fourth-order valence-electron chi connectivity index (χ4n) is 3.82. The van der Waals surface area contributed by atoms with Crippen LogP contribution in [0.15, 0.2) is 40.8 Å². The van der Waals surface area contributed by atoms with Crippen LogP contribution in [0, 0.1) is 6.92 Å². The molecule has 2 N–H and O–H groups in total. The van der Waals surface area contributed by atoms with Crippen LogP contribution in [0.25, 0.3) is 22.0 Å². The summed E-state index contributed by atoms with van der Waals surface area (Å²) >= 11 is 6.53. The smallest absolute Gasteiger partial charge is 0.289 e. The topological polar surface area (TPSA) is 104 Å². The Balaban J connectivity index is 1.55. The minimum atomic E-state index is -0.555. The highest BCUT2D eigenvalue weighted by atomic mass is 35.5. The summed E-state index contributed by atoms with van der Waals surface area (Å²) in [5.41, 5.74) is 3.37. The van der Waals surface area contributed by atoms with Gasteiger partial charge in [-0.25, -0.2) is 0 Å². The van der Waals surface area contributed by atoms with Crippen molar-refractivity contribution in [3.63, 3.8) is 0 Å². The number of nitrogens with one attached hydrogen (secondary N) is 1. The van der Waals surface area contributed by atoms with Crippen molar-refractivity contribution in [2.45, 2.75) is 6.92 Å². The minimum absolute atomic E-state index is 0.0708. The average Bonchev–Trinajstić information content (AvgIpc) is 3.35. The van der Waals surface area contributed by atoms with Gasteiger partial charge >= 0.3 is 0 Å². The summed E-state index contributed by atoms with van der Waals surface area (Å²) in [7, 11) is 0. The van der Waals surface area contributed by atoms with E-state index in [1.54, 1.807) is 19.1 Å². The number of anilines is 1. The van der Waals surface area contributed by atoms with Crippen LogP contribution in [0.2, 0.25) is 5.02 Å². The van der Waals surface area contributed by atoms with E-state index in [9.17, 15) is 9.90 Å². The molecule has 1 saturated heterocycles. The van der Waals surface area contributed by atoms with Crippen molar-refractivity contribution in [3.8, 4) is 17.0 Å². The Bertz CT molecular complexity index is 1270. The molecule has 3 heterocycles. The number of aryl methyl sites for hydroxylation is 1. The van der Waals surface area contributed by atoms with Crippen molar-refractivity contribution in [2.75, 3.05) is 31.2 Å². The van der Waals surface area contributed by atoms with Crippen LogP contribution in [0.4, 0.5) is 5.69 Å². The molecule has 1 aliphatic heterocycles. The number of ether oxygens (including phenoxy) is 1. The van der Waals surface area contributed by atoms with E-state index in [2.05, 4.69) is 20.1 Å². The van der Waals surface area contributed by atoms with E-state index >= 15 is 0 Å². The molecule has 0 bridgehead atoms. The monoisotopic (exact) mass is 438 g/mol. The lowest BCUT2D eigenvalue weighted by Gasteiger charge is -2.29. The number of ketones is 1. The molecule has 9 heteroatoms. The zero-order valence-electron chi connectivity index (χ0n) is 16.7. The third-order valence-electron chi connectivity index (χ3n) is 5.37. The van der Waals surface area contributed by atoms with Gasteiger partial charge in [0.1, 0.15) is 0 Å². The second-order valence-electron chi connectivity index (χ2n) is 7.33. The first-order chi connectivity index (χ1) is 15.0. The Morgan fingerprint density at radius 2 is 1.90 bits per heavy atom. The van der Waals surface area contributed by atoms with Crippen LogP contribution in [-0.2, 0) is 4.74 Å². The highest BCUT2D eigenvalue weighted by Gasteiger charge is 2.25. The Kier molecular flexibility index (Phi) is 4.88. The number of morpholine rings is 1. The van der Waals surface area contributed by atoms with Crippen molar-refractivity contribution < 1.29 is 19.1 Å². The molecule has 4 aromatic rings. The molecule has 0 unspecified atom stereocenters. The van der Waals surface area contributed by atoms with Gasteiger partial charge < -0.3 is 24.1 Å². The van der Waals surface area contributed by atoms with Crippen LogP contribution in [0.5, 0.6) is 5.88 Å². The Morgan fingerprint density at radius 3 is 2.58 bits per heavy atom. The number of carbonyl (C=O) groups is 1. The predicted octanol–water partition coefficient (Wildman–Crippen LogP) is 3.95. The SMILES string of the molecule is Cc1nnc(C(=O)c2c(O)[nH]c3cc(Cl)c(-c4ccc(N5CCOCC5)cc4)cc23)o1. The number of H-pyrrole nitrogens is 1. The van der Waals surface area contributed by atoms with Gasteiger partial charge in [-0.3, -0.25) is 4.79 Å². The summed E-state index contributed by atoms with van der Waals surface area (Å²) in [5.74, 6) is -0.737. The molecule has 0 saturated carbocycles. The Hall–Kier alpha value is -3.36. The van der Waals surface area contributed by atoms with Gasteiger partial charge in [-0.1, -0.05) is 23.7 Å². The summed E-state index contributed by atoms with van der Waals surface area (Å²) in [4.78, 5) is 18.0. The molecule has 5 rings (SSSR count). The quantitative estimate of drug-likeness (QED) is 0.465. The third-order valence-corrected chi connectivity index (χ3v) is 5.68. The minimum Gasteiger partial charge on any atom is -0.494 e. The van der Waals surface area contributed by atoms with Gasteiger partial charge in [0, 0.05) is 36.7 Å². The Morgan fingerprint density at radius 1 is 1.16 bits per heavy atom. The molecule has 0 aliphatic carbocycles. The molecule has 31 heavy (non-hydrogen) atoms. The molecule has 2 aromatic heterocycles. The first-order valence-electron chi connectivity index (χ1n) is 9.83. The van der Waals surface area contributed by atoms with Crippen LogP contribution < -0.4 is 4.90 Å². The fourth-order valence-corrected chi connectivity index (χ4v) is 4.09. The van der Waals surface area contributed by atoms with Gasteiger partial charge in [0.05, 0.1) is 29.3 Å². The van der Waals surface area contributed by atoms with Gasteiger partial charge in [-0.15, -0.1) is 10.2 Å². The summed E-state index contributed by atoms with van der Waals surface area (Å²) in [5, 5.41) is 18.9. The number of rotatable bonds is 4. The fraction of sp³-hybridized carbons (Fsp3) is 0.227. The largest absolute Gasteiger partial charge is 0.494 e. The molecular formula is C22H19ClN4O4. The molecule has 8 nitrogen and oxygen atoms in total. The van der Waals surface area contributed by atoms with Crippen LogP contribution in [0.1, 0.15) is 22.1 Å². The van der Waals surface area contributed by atoms with E-state index in [4.69, 9.17) is 20.8 Å². The maximum atomic E-state index is 12.9. The van der Waals surface area contributed by atoms with E-state index in [1.165, 1.54) is 0 Å². The molecule has 1 aliphatic rings. The predicted molar refractivity (Wildman–Crippen MR) is 116 cm³/mol. The summed E-state index contributed by atoms with van der Waals surface area (Å²) < 4.78 is 10.7. The van der Waals surface area contributed by atoms with E-state index in [0.717, 1.165) is 43.1 Å². The number of aromatic hydroxyl groups is 1. The number of carbonyl (C=O) groups excluding carboxylic acids is 1. The number of hydrogen-bond donors (Lipinski definition) is 2. The molecule has 1 fully saturated rings. The Labute approximate surface area is 182 Å². The lowest BCUT2D eigenvalue weighted by atomic mass is 10.0. The second kappa shape index (κ2) is 7.72. The lowest BCUT2D eigenvalue weighted by Crippen LogP contribution is -2.36. The van der Waals surface area contributed by atoms with Gasteiger partial charge in [0.15, 0.2) is 0 Å². The van der Waals surface area contributed by atoms with E-state index < -0.39 is 5.78 Å². The van der Waals surface area contributed by atoms with Gasteiger partial charge in [-0.2, -0.15) is 0 Å². The lowest BCUT2D eigenvalue weighted by molar-refractivity contribution is 0.100. The molecule has 2 aromatic carbocycles. The van der Waals surface area contributed by atoms with Crippen molar-refractivity contribution in [3.05, 3.63) is 58.8 Å². The molecule has 0 amide bonds. The maximum Gasteiger partial charge on any atom is 0.289 e. The highest BCUT2D eigenvalue weighted by Crippen LogP contribution is 2.37. The summed E-state index contributed by atoms with van der Waals surface area (Å²) in [6.07, 6.45) is 0. The summed E-state index contributed by atoms with van der Waals surface area (Å²) in [6, 6.07) is 11.6. The number of halogens is 1. The van der Waals surface area contributed by atoms with Crippen molar-refractivity contribution >= 4 is 34.0 Å². The first-order valence-corrected chi connectivity index (χ1v) is 10.2. The zero-order valence-corrected chi connectivity index (χ0v) is 17.4. The number of hydrogen-bond acceptors (Lipinski definition) is 7. The van der Waals surface area contributed by atoms with Crippen molar-refractivity contribution in [2.24, 2.45) is 0 Å². The van der Waals surface area contributed by atoms with E-state index in [0.29, 0.717) is 15.9 Å². The van der Waals surface area contributed by atoms with Gasteiger partial charge in [-0.05, 0) is 29.8 Å². The molecule has 0 atom stereocenters. The molecular weight excluding hydrogens is 420 g/mol. The van der Waals surface area contributed by atoms with Crippen LogP contribution in [-0.4, -0.2) is 52.4 Å². The van der Waals surface area contributed by atoms with Gasteiger partial charge in [0.25, 0.3) is 11.7 Å². The van der Waals surface area contributed by atoms with E-state index in [1.807, 2.05) is 24.3 Å². The van der Waals surface area contributed by atoms with E-state index in [-0.39, 0.29) is 23.2 Å². The number of fused-ring (bicyclic) bond motifs is 1. The standard InChI is InChI=1S/C22H19ClN4O4/c1-12-25-26-22(31-12)20(28)19-16-10-15(17(23)11-18(16)24-21(19)29)13-2-4-14(5-3-13)27-6-8-30-9-7-27/h2-5,10-11,24,29H,6-9H2,1H3. The molecule has 158 valence electrons. The van der Waals surface area contributed by atoms with Crippen LogP contribution >= 0.6 is 11.6 Å². The number of aromatic nitrogens is 3. The third kappa shape index (κ3) is 3.54. The molecule has 0 radical (unpaired) electrons. The second-order valence-corrected chi connectivity index (χ2v) is 7.74.